The minimum absolute atomic E-state index is 0.177. The van der Waals surface area contributed by atoms with Gasteiger partial charge in [-0.25, -0.2) is 4.98 Å². The lowest BCUT2D eigenvalue weighted by Crippen LogP contribution is -2.45. The third-order valence-electron chi connectivity index (χ3n) is 3.17. The van der Waals surface area contributed by atoms with Crippen LogP contribution in [0.5, 0.6) is 5.88 Å². The Bertz CT molecular complexity index is 397. The smallest absolute Gasteiger partial charge is 0.226 e. The molecule has 0 unspecified atom stereocenters. The zero-order valence-corrected chi connectivity index (χ0v) is 11.9. The van der Waals surface area contributed by atoms with Gasteiger partial charge >= 0.3 is 0 Å². The van der Waals surface area contributed by atoms with E-state index in [1.807, 2.05) is 0 Å². The molecule has 1 aromatic heterocycles. The molecule has 19 heavy (non-hydrogen) atoms. The van der Waals surface area contributed by atoms with Crippen molar-refractivity contribution >= 4 is 17.5 Å². The third kappa shape index (κ3) is 3.94. The first-order valence-corrected chi connectivity index (χ1v) is 7.19. The number of hydrogen-bond donors (Lipinski definition) is 1. The van der Waals surface area contributed by atoms with E-state index in [9.17, 15) is 0 Å². The second-order valence-electron chi connectivity index (χ2n) is 4.72. The molecule has 1 aliphatic rings. The van der Waals surface area contributed by atoms with E-state index in [-0.39, 0.29) is 5.54 Å². The molecule has 1 aliphatic heterocycles. The van der Waals surface area contributed by atoms with Crippen LogP contribution in [0.15, 0.2) is 12.3 Å². The highest BCUT2D eigenvalue weighted by Gasteiger charge is 2.32. The largest absolute Gasteiger partial charge is 0.478 e. The van der Waals surface area contributed by atoms with Crippen LogP contribution in [0.3, 0.4) is 0 Å². The van der Waals surface area contributed by atoms with Gasteiger partial charge in [-0.05, 0) is 19.3 Å². The Hall–Kier alpha value is -1.07. The second-order valence-corrected chi connectivity index (χ2v) is 4.99. The average molecular weight is 286 g/mol. The number of nitrogens with one attached hydrogen (secondary N) is 1. The van der Waals surface area contributed by atoms with Crippen LogP contribution in [-0.2, 0) is 4.74 Å². The Morgan fingerprint density at radius 1 is 1.47 bits per heavy atom. The number of nitrogens with zero attached hydrogens (tertiary/aromatic N) is 2. The molecular weight excluding hydrogens is 266 g/mol. The van der Waals surface area contributed by atoms with E-state index in [4.69, 9.17) is 21.1 Å². The molecule has 5 nitrogen and oxygen atoms in total. The Balaban J connectivity index is 2.04. The lowest BCUT2D eigenvalue weighted by Gasteiger charge is -2.36. The number of halogens is 1. The predicted octanol–water partition coefficient (Wildman–Crippen LogP) is 2.47. The minimum Gasteiger partial charge on any atom is -0.478 e. The second kappa shape index (κ2) is 6.91. The number of hydrogen-bond acceptors (Lipinski definition) is 5. The van der Waals surface area contributed by atoms with Crippen molar-refractivity contribution in [1.82, 2.24) is 9.97 Å². The Morgan fingerprint density at radius 3 is 2.95 bits per heavy atom. The van der Waals surface area contributed by atoms with Crippen molar-refractivity contribution in [2.24, 2.45) is 0 Å². The third-order valence-corrected chi connectivity index (χ3v) is 3.68. The summed E-state index contributed by atoms with van der Waals surface area (Å²) in [5, 5.41) is 3.35. The molecule has 0 radical (unpaired) electrons. The number of ether oxygens (including phenoxy) is 2. The maximum Gasteiger partial charge on any atom is 0.226 e. The summed E-state index contributed by atoms with van der Waals surface area (Å²) < 4.78 is 10.9. The first-order chi connectivity index (χ1) is 9.28. The van der Waals surface area contributed by atoms with Crippen molar-refractivity contribution in [2.45, 2.75) is 31.7 Å². The van der Waals surface area contributed by atoms with Crippen LogP contribution in [0.25, 0.3) is 0 Å². The Morgan fingerprint density at radius 2 is 2.26 bits per heavy atom. The van der Waals surface area contributed by atoms with E-state index >= 15 is 0 Å². The van der Waals surface area contributed by atoms with E-state index < -0.39 is 0 Å². The number of alkyl halides is 1. The summed E-state index contributed by atoms with van der Waals surface area (Å²) >= 11 is 6.11. The minimum atomic E-state index is -0.177. The summed E-state index contributed by atoms with van der Waals surface area (Å²) in [6.45, 7) is 4.15. The summed E-state index contributed by atoms with van der Waals surface area (Å²) in [5.74, 6) is 1.67. The van der Waals surface area contributed by atoms with Gasteiger partial charge < -0.3 is 14.8 Å². The zero-order valence-electron chi connectivity index (χ0n) is 11.2. The maximum absolute atomic E-state index is 6.11. The van der Waals surface area contributed by atoms with Crippen LogP contribution in [0, 0.1) is 0 Å². The lowest BCUT2D eigenvalue weighted by molar-refractivity contribution is 0.0665. The zero-order chi connectivity index (χ0) is 13.6. The summed E-state index contributed by atoms with van der Waals surface area (Å²) in [7, 11) is 0. The summed E-state index contributed by atoms with van der Waals surface area (Å²) in [6, 6.07) is 1.76. The van der Waals surface area contributed by atoms with Gasteiger partial charge in [-0.3, -0.25) is 0 Å². The molecule has 0 saturated carbocycles. The fourth-order valence-corrected chi connectivity index (χ4v) is 2.31. The fourth-order valence-electron chi connectivity index (χ4n) is 1.98. The molecule has 106 valence electrons. The topological polar surface area (TPSA) is 56.3 Å². The van der Waals surface area contributed by atoms with Crippen molar-refractivity contribution in [2.75, 3.05) is 31.0 Å². The van der Waals surface area contributed by atoms with E-state index in [0.717, 1.165) is 19.3 Å². The molecule has 0 amide bonds. The van der Waals surface area contributed by atoms with Gasteiger partial charge in [-0.2, -0.15) is 4.98 Å². The molecule has 0 atom stereocenters. The van der Waals surface area contributed by atoms with Crippen molar-refractivity contribution in [3.05, 3.63) is 12.3 Å². The SMILES string of the molecule is CCCOc1ccnc(NC2(CCl)CCOCC2)n1. The van der Waals surface area contributed by atoms with Crippen molar-refractivity contribution in [3.8, 4) is 5.88 Å². The quantitative estimate of drug-likeness (QED) is 0.814. The molecule has 0 aliphatic carbocycles. The van der Waals surface area contributed by atoms with Gasteiger partial charge in [0.1, 0.15) is 0 Å². The monoisotopic (exact) mass is 285 g/mol. The van der Waals surface area contributed by atoms with Crippen LogP contribution in [0.2, 0.25) is 0 Å². The Labute approximate surface area is 118 Å². The lowest BCUT2D eigenvalue weighted by atomic mass is 9.92. The first-order valence-electron chi connectivity index (χ1n) is 6.66. The van der Waals surface area contributed by atoms with Gasteiger partial charge in [0.2, 0.25) is 11.8 Å². The Kier molecular flexibility index (Phi) is 5.22. The van der Waals surface area contributed by atoms with Gasteiger partial charge in [0.05, 0.1) is 12.1 Å². The summed E-state index contributed by atoms with van der Waals surface area (Å²) in [6.07, 6.45) is 4.37. The first kappa shape index (κ1) is 14.3. The van der Waals surface area contributed by atoms with Crippen LogP contribution in [-0.4, -0.2) is 41.2 Å². The standard InChI is InChI=1S/C13H20ClN3O2/c1-2-7-19-11-3-6-15-12(16-11)17-13(10-14)4-8-18-9-5-13/h3,6H,2,4-5,7-10H2,1H3,(H,15,16,17). The van der Waals surface area contributed by atoms with Gasteiger partial charge in [0.25, 0.3) is 0 Å². The molecule has 1 fully saturated rings. The molecule has 2 heterocycles. The van der Waals surface area contributed by atoms with E-state index in [1.165, 1.54) is 0 Å². The van der Waals surface area contributed by atoms with Crippen LogP contribution >= 0.6 is 11.6 Å². The molecule has 6 heteroatoms. The molecule has 0 bridgehead atoms. The highest BCUT2D eigenvalue weighted by atomic mass is 35.5. The summed E-state index contributed by atoms with van der Waals surface area (Å²) in [5.41, 5.74) is -0.177. The molecule has 1 aromatic rings. The molecule has 1 saturated heterocycles. The molecule has 0 aromatic carbocycles. The van der Waals surface area contributed by atoms with Gasteiger partial charge in [0, 0.05) is 31.4 Å². The molecule has 1 N–H and O–H groups in total. The maximum atomic E-state index is 6.11. The van der Waals surface area contributed by atoms with E-state index in [1.54, 1.807) is 12.3 Å². The van der Waals surface area contributed by atoms with Gasteiger partial charge in [0.15, 0.2) is 0 Å². The van der Waals surface area contributed by atoms with Crippen molar-refractivity contribution < 1.29 is 9.47 Å². The number of anilines is 1. The van der Waals surface area contributed by atoms with Crippen LogP contribution < -0.4 is 10.1 Å². The van der Waals surface area contributed by atoms with E-state index in [2.05, 4.69) is 22.2 Å². The highest BCUT2D eigenvalue weighted by molar-refractivity contribution is 6.18. The van der Waals surface area contributed by atoms with Crippen LogP contribution in [0.1, 0.15) is 26.2 Å². The van der Waals surface area contributed by atoms with Crippen molar-refractivity contribution in [1.29, 1.82) is 0 Å². The van der Waals surface area contributed by atoms with Crippen molar-refractivity contribution in [3.63, 3.8) is 0 Å². The molecule has 0 spiro atoms. The molecule has 2 rings (SSSR count). The average Bonchev–Trinajstić information content (AvgIpc) is 2.46. The fraction of sp³-hybridized carbons (Fsp3) is 0.692. The van der Waals surface area contributed by atoms with Crippen LogP contribution in [0.4, 0.5) is 5.95 Å². The van der Waals surface area contributed by atoms with Gasteiger partial charge in [-0.15, -0.1) is 11.6 Å². The highest BCUT2D eigenvalue weighted by Crippen LogP contribution is 2.26. The molecular formula is C13H20ClN3O2. The number of aromatic nitrogens is 2. The van der Waals surface area contributed by atoms with E-state index in [0.29, 0.717) is 37.5 Å². The summed E-state index contributed by atoms with van der Waals surface area (Å²) in [4.78, 5) is 8.59. The predicted molar refractivity (Wildman–Crippen MR) is 74.9 cm³/mol. The normalized spacial score (nSPS) is 18.0. The number of rotatable bonds is 6. The van der Waals surface area contributed by atoms with Gasteiger partial charge in [-0.1, -0.05) is 6.92 Å².